The molecule has 0 aromatic carbocycles. The van der Waals surface area contributed by atoms with Crippen molar-refractivity contribution in [3.05, 3.63) is 71.7 Å². The van der Waals surface area contributed by atoms with Gasteiger partial charge in [-0.05, 0) is 37.6 Å². The van der Waals surface area contributed by atoms with Crippen LogP contribution in [0.25, 0.3) is 0 Å². The molecule has 0 aromatic heterocycles. The number of hydrogen-bond donors (Lipinski definition) is 2. The number of halogens is 1. The third-order valence-corrected chi connectivity index (χ3v) is 4.05. The number of hydrogen-bond acceptors (Lipinski definition) is 3. The molecule has 144 valence electrons. The normalized spacial score (nSPS) is 21.0. The molecule has 0 radical (unpaired) electrons. The van der Waals surface area contributed by atoms with Crippen molar-refractivity contribution in [2.75, 3.05) is 27.3 Å². The number of likely N-dealkylation sites (N-methyl/N-ethyl adjacent to an activating group) is 1. The monoisotopic (exact) mass is 367 g/mol. The van der Waals surface area contributed by atoms with Crippen LogP contribution in [0, 0.1) is 23.2 Å². The molecule has 0 fully saturated rings. The van der Waals surface area contributed by atoms with E-state index in [0.29, 0.717) is 12.1 Å². The average molecular weight is 368 g/mol. The third-order valence-electron chi connectivity index (χ3n) is 4.05. The highest BCUT2D eigenvalue weighted by Gasteiger charge is 2.11. The molecular formula is C23H30FN3. The molecule has 1 rings (SSSR count). The Morgan fingerprint density at radius 2 is 2.22 bits per heavy atom. The second-order valence-electron chi connectivity index (χ2n) is 6.30. The van der Waals surface area contributed by atoms with Gasteiger partial charge in [-0.15, -0.1) is 0 Å². The Labute approximate surface area is 163 Å². The molecule has 1 unspecified atom stereocenters. The summed E-state index contributed by atoms with van der Waals surface area (Å²) in [6, 6.07) is 0. The van der Waals surface area contributed by atoms with Gasteiger partial charge in [0.05, 0.1) is 11.6 Å². The van der Waals surface area contributed by atoms with Crippen molar-refractivity contribution in [3.8, 4) is 11.8 Å². The molecule has 0 bridgehead atoms. The van der Waals surface area contributed by atoms with E-state index >= 15 is 0 Å². The largest absolute Gasteiger partial charge is 0.382 e. The zero-order valence-electron chi connectivity index (χ0n) is 16.8. The van der Waals surface area contributed by atoms with Crippen molar-refractivity contribution in [3.63, 3.8) is 0 Å². The highest BCUT2D eigenvalue weighted by atomic mass is 19.1. The molecule has 0 aromatic rings. The number of alkyl halides is 1. The summed E-state index contributed by atoms with van der Waals surface area (Å²) in [6.45, 7) is 7.41. The Morgan fingerprint density at radius 1 is 1.48 bits per heavy atom. The first-order chi connectivity index (χ1) is 12.9. The number of nitrogens with zero attached hydrogens (tertiary/aromatic N) is 1. The van der Waals surface area contributed by atoms with E-state index < -0.39 is 6.67 Å². The molecular weight excluding hydrogens is 337 g/mol. The maximum absolute atomic E-state index is 12.5. The zero-order valence-corrected chi connectivity index (χ0v) is 16.8. The van der Waals surface area contributed by atoms with Crippen LogP contribution in [0.1, 0.15) is 20.3 Å². The first-order valence-corrected chi connectivity index (χ1v) is 9.05. The molecule has 0 aliphatic heterocycles. The van der Waals surface area contributed by atoms with Crippen molar-refractivity contribution >= 4 is 5.71 Å². The van der Waals surface area contributed by atoms with Crippen LogP contribution in [0.2, 0.25) is 0 Å². The van der Waals surface area contributed by atoms with Crippen LogP contribution in [0.15, 0.2) is 71.7 Å². The molecule has 0 saturated heterocycles. The smallest absolute Gasteiger partial charge is 0.107 e. The van der Waals surface area contributed by atoms with Crippen LogP contribution in [-0.2, 0) is 0 Å². The number of nitrogens with one attached hydrogen (secondary N) is 2. The molecule has 4 heteroatoms. The Hall–Kier alpha value is -2.80. The van der Waals surface area contributed by atoms with E-state index in [0.717, 1.165) is 22.5 Å². The van der Waals surface area contributed by atoms with Crippen LogP contribution < -0.4 is 5.32 Å². The maximum atomic E-state index is 12.5. The summed E-state index contributed by atoms with van der Waals surface area (Å²) in [4.78, 5) is 2.03. The average Bonchev–Trinajstić information content (AvgIpc) is 2.60. The van der Waals surface area contributed by atoms with E-state index in [2.05, 4.69) is 29.8 Å². The lowest BCUT2D eigenvalue weighted by Gasteiger charge is -2.16. The summed E-state index contributed by atoms with van der Waals surface area (Å²) in [5.74, 6) is 6.01. The quantitative estimate of drug-likeness (QED) is 0.356. The fourth-order valence-corrected chi connectivity index (χ4v) is 2.64. The van der Waals surface area contributed by atoms with Crippen LogP contribution >= 0.6 is 0 Å². The van der Waals surface area contributed by atoms with Crippen LogP contribution in [0.4, 0.5) is 4.39 Å². The van der Waals surface area contributed by atoms with Crippen molar-refractivity contribution in [1.82, 2.24) is 10.2 Å². The van der Waals surface area contributed by atoms with Gasteiger partial charge >= 0.3 is 0 Å². The van der Waals surface area contributed by atoms with Gasteiger partial charge in [-0.2, -0.15) is 0 Å². The van der Waals surface area contributed by atoms with Gasteiger partial charge in [0.25, 0.3) is 0 Å². The van der Waals surface area contributed by atoms with Crippen molar-refractivity contribution < 1.29 is 4.39 Å². The van der Waals surface area contributed by atoms with Gasteiger partial charge < -0.3 is 15.6 Å². The lowest BCUT2D eigenvalue weighted by atomic mass is 9.95. The summed E-state index contributed by atoms with van der Waals surface area (Å²) in [5, 5.41) is 11.6. The predicted octanol–water partition coefficient (Wildman–Crippen LogP) is 4.55. The van der Waals surface area contributed by atoms with Crippen molar-refractivity contribution in [1.29, 1.82) is 5.41 Å². The van der Waals surface area contributed by atoms with Gasteiger partial charge in [-0.3, -0.25) is 0 Å². The molecule has 0 saturated carbocycles. The lowest BCUT2D eigenvalue weighted by Crippen LogP contribution is -2.18. The van der Waals surface area contributed by atoms with Gasteiger partial charge in [-0.25, -0.2) is 4.39 Å². The second kappa shape index (κ2) is 11.7. The minimum Gasteiger partial charge on any atom is -0.382 e. The second-order valence-corrected chi connectivity index (χ2v) is 6.30. The minimum absolute atomic E-state index is 0.245. The van der Waals surface area contributed by atoms with Gasteiger partial charge in [0.15, 0.2) is 0 Å². The summed E-state index contributed by atoms with van der Waals surface area (Å²) in [7, 11) is 3.98. The standard InChI is InChI=1S/C23H30FN3/c1-6-10-21(23(7-2)26-16-15-24)18(3)17-22(25)19-11-8-9-12-20(14-13-19)27(4)5/h6-7,10,12-14,17,19,25-26H,1,9,15-16H2,2-5H3/b14-13-,18-17+,20-12+,21-10-,23-7+,25-22?. The van der Waals surface area contributed by atoms with Crippen LogP contribution in [0.5, 0.6) is 0 Å². The van der Waals surface area contributed by atoms with E-state index in [4.69, 9.17) is 5.41 Å². The van der Waals surface area contributed by atoms with E-state index in [1.54, 1.807) is 6.08 Å². The SMILES string of the molecule is C=C/C=C(C(/C)=C/C(=N)C1C#CC/C=C(N(C)C)\C=C/1)\C(=C/C)NCCF. The summed E-state index contributed by atoms with van der Waals surface area (Å²) < 4.78 is 12.5. The van der Waals surface area contributed by atoms with Gasteiger partial charge in [0, 0.05) is 44.0 Å². The van der Waals surface area contributed by atoms with E-state index in [9.17, 15) is 4.39 Å². The molecule has 1 aliphatic carbocycles. The molecule has 27 heavy (non-hydrogen) atoms. The fourth-order valence-electron chi connectivity index (χ4n) is 2.64. The minimum atomic E-state index is -0.443. The van der Waals surface area contributed by atoms with E-state index in [1.807, 2.05) is 63.2 Å². The fraction of sp³-hybridized carbons (Fsp3) is 0.348. The first-order valence-electron chi connectivity index (χ1n) is 9.05. The molecule has 0 amide bonds. The number of allylic oxidation sites excluding steroid dienone is 8. The highest BCUT2D eigenvalue weighted by molar-refractivity contribution is 5.98. The third kappa shape index (κ3) is 7.15. The predicted molar refractivity (Wildman–Crippen MR) is 114 cm³/mol. The molecule has 1 aliphatic rings. The van der Waals surface area contributed by atoms with Crippen LogP contribution in [0.3, 0.4) is 0 Å². The highest BCUT2D eigenvalue weighted by Crippen LogP contribution is 2.19. The lowest BCUT2D eigenvalue weighted by molar-refractivity contribution is 0.483. The summed E-state index contributed by atoms with van der Waals surface area (Å²) in [5.41, 5.74) is 4.13. The first kappa shape index (κ1) is 22.2. The Bertz CT molecular complexity index is 752. The van der Waals surface area contributed by atoms with Gasteiger partial charge in [-0.1, -0.05) is 42.7 Å². The Balaban J connectivity index is 3.09. The zero-order chi connectivity index (χ0) is 20.2. The maximum Gasteiger partial charge on any atom is 0.107 e. The van der Waals surface area contributed by atoms with Crippen molar-refractivity contribution in [2.45, 2.75) is 20.3 Å². The van der Waals surface area contributed by atoms with E-state index in [-0.39, 0.29) is 12.5 Å². The molecule has 0 spiro atoms. The molecule has 1 atom stereocenters. The van der Waals surface area contributed by atoms with E-state index in [1.165, 1.54) is 0 Å². The molecule has 0 heterocycles. The van der Waals surface area contributed by atoms with Crippen molar-refractivity contribution in [2.24, 2.45) is 5.92 Å². The summed E-state index contributed by atoms with van der Waals surface area (Å²) >= 11 is 0. The Kier molecular flexibility index (Phi) is 9.68. The van der Waals surface area contributed by atoms with Gasteiger partial charge in [0.1, 0.15) is 6.67 Å². The molecule has 3 nitrogen and oxygen atoms in total. The van der Waals surface area contributed by atoms with Crippen LogP contribution in [-0.4, -0.2) is 37.9 Å². The Morgan fingerprint density at radius 3 is 2.81 bits per heavy atom. The topological polar surface area (TPSA) is 39.1 Å². The number of rotatable bonds is 9. The van der Waals surface area contributed by atoms with Gasteiger partial charge in [0.2, 0.25) is 0 Å². The summed E-state index contributed by atoms with van der Waals surface area (Å²) in [6.07, 6.45) is 14.0. The molecule has 2 N–H and O–H groups in total.